The Balaban J connectivity index is 1.42. The Morgan fingerprint density at radius 1 is 1.17 bits per heavy atom. The molecule has 3 aromatic rings. The van der Waals surface area contributed by atoms with E-state index in [0.717, 1.165) is 30.4 Å². The van der Waals surface area contributed by atoms with Crippen LogP contribution in [0.1, 0.15) is 40.5 Å². The zero-order valence-electron chi connectivity index (χ0n) is 16.4. The number of hydrogen-bond donors (Lipinski definition) is 2. The fourth-order valence-corrected chi connectivity index (χ4v) is 4.84. The van der Waals surface area contributed by atoms with Gasteiger partial charge in [-0.05, 0) is 66.5 Å². The van der Waals surface area contributed by atoms with Crippen LogP contribution in [0.3, 0.4) is 0 Å². The molecule has 2 heterocycles. The molecule has 2 aromatic carbocycles. The zero-order valence-corrected chi connectivity index (χ0v) is 17.2. The summed E-state index contributed by atoms with van der Waals surface area (Å²) in [5.41, 5.74) is 8.96. The van der Waals surface area contributed by atoms with Crippen LogP contribution in [-0.4, -0.2) is 17.4 Å². The van der Waals surface area contributed by atoms with Crippen LogP contribution >= 0.6 is 11.3 Å². The third-order valence-corrected chi connectivity index (χ3v) is 6.52. The summed E-state index contributed by atoms with van der Waals surface area (Å²) in [4.78, 5) is 1.28. The molecule has 2 unspecified atom stereocenters. The largest absolute Gasteiger partial charge is 0.293 e. The molecule has 2 atom stereocenters. The first kappa shape index (κ1) is 19.4. The van der Waals surface area contributed by atoms with Crippen molar-refractivity contribution in [2.45, 2.75) is 38.3 Å². The van der Waals surface area contributed by atoms with Crippen molar-refractivity contribution in [3.8, 4) is 17.2 Å². The van der Waals surface area contributed by atoms with Crippen molar-refractivity contribution in [1.82, 2.24) is 10.4 Å². The zero-order chi connectivity index (χ0) is 20.2. The van der Waals surface area contributed by atoms with Gasteiger partial charge >= 0.3 is 0 Å². The Morgan fingerprint density at radius 3 is 2.76 bits per heavy atom. The Kier molecular flexibility index (Phi) is 5.75. The van der Waals surface area contributed by atoms with Crippen LogP contribution < -0.4 is 5.43 Å². The number of nitrogens with one attached hydrogen (secondary N) is 2. The van der Waals surface area contributed by atoms with E-state index < -0.39 is 0 Å². The highest BCUT2D eigenvalue weighted by Crippen LogP contribution is 2.37. The number of aryl methyl sites for hydroxylation is 2. The predicted octanol–water partition coefficient (Wildman–Crippen LogP) is 5.46. The normalized spacial score (nSPS) is 18.1. The quantitative estimate of drug-likeness (QED) is 0.409. The highest BCUT2D eigenvalue weighted by Gasteiger charge is 2.38. The summed E-state index contributed by atoms with van der Waals surface area (Å²) in [5.74, 6) is 0. The van der Waals surface area contributed by atoms with Crippen LogP contribution in [0.15, 0.2) is 60.0 Å². The minimum Gasteiger partial charge on any atom is -0.293 e. The summed E-state index contributed by atoms with van der Waals surface area (Å²) >= 11 is 1.74. The van der Waals surface area contributed by atoms with Crippen LogP contribution in [0, 0.1) is 23.7 Å². The average Bonchev–Trinajstić information content (AvgIpc) is 3.21. The van der Waals surface area contributed by atoms with Crippen molar-refractivity contribution >= 4 is 17.7 Å². The van der Waals surface area contributed by atoms with Crippen LogP contribution in [0.4, 0.5) is 0 Å². The molecule has 0 spiro atoms. The lowest BCUT2D eigenvalue weighted by Crippen LogP contribution is -2.62. The fraction of sp³-hybridized carbons (Fsp3) is 0.250. The molecule has 4 rings (SSSR count). The lowest BCUT2D eigenvalue weighted by atomic mass is 9.94. The van der Waals surface area contributed by atoms with Crippen LogP contribution in [-0.2, 0) is 6.42 Å². The maximum atomic E-state index is 9.13. The SMILES string of the molecule is Cc1ccc(CCCC2C(c3cc(-c4cccc(C#N)c4)cs3)NN2C=N)cc1. The number of benzene rings is 2. The van der Waals surface area contributed by atoms with E-state index in [1.54, 1.807) is 11.3 Å². The molecule has 1 aromatic heterocycles. The van der Waals surface area contributed by atoms with Gasteiger partial charge in [-0.3, -0.25) is 10.4 Å². The molecular formula is C24H24N4S. The number of nitriles is 1. The summed E-state index contributed by atoms with van der Waals surface area (Å²) in [7, 11) is 0. The van der Waals surface area contributed by atoms with Gasteiger partial charge in [0.1, 0.15) is 0 Å². The number of hydrazine groups is 1. The Bertz CT molecular complexity index is 1030. The predicted molar refractivity (Wildman–Crippen MR) is 119 cm³/mol. The standard InChI is InChI=1S/C24H24N4S/c1-17-8-10-18(11-9-17)4-3-7-22-24(27-28(22)16-26)23-13-21(15-29-23)20-6-2-5-19(12-20)14-25/h2,5-6,8-13,15-16,22,24,26-27H,3-4,7H2,1H3. The van der Waals surface area contributed by atoms with Crippen LogP contribution in [0.25, 0.3) is 11.1 Å². The van der Waals surface area contributed by atoms with Gasteiger partial charge in [-0.15, -0.1) is 11.3 Å². The molecule has 5 heteroatoms. The fourth-order valence-electron chi connectivity index (χ4n) is 3.82. The topological polar surface area (TPSA) is 62.9 Å². The Labute approximate surface area is 175 Å². The summed E-state index contributed by atoms with van der Waals surface area (Å²) in [6.07, 6.45) is 4.58. The van der Waals surface area contributed by atoms with Gasteiger partial charge in [-0.2, -0.15) is 5.26 Å². The average molecular weight is 401 g/mol. The third-order valence-electron chi connectivity index (χ3n) is 5.51. The van der Waals surface area contributed by atoms with E-state index in [4.69, 9.17) is 10.7 Å². The molecule has 4 nitrogen and oxygen atoms in total. The van der Waals surface area contributed by atoms with E-state index in [9.17, 15) is 0 Å². The number of rotatable bonds is 7. The first-order valence-corrected chi connectivity index (χ1v) is 10.8. The monoisotopic (exact) mass is 400 g/mol. The third kappa shape index (κ3) is 4.24. The molecule has 0 saturated carbocycles. The van der Waals surface area contributed by atoms with E-state index >= 15 is 0 Å². The molecule has 1 aliphatic heterocycles. The molecule has 0 radical (unpaired) electrons. The molecule has 0 amide bonds. The van der Waals surface area contributed by atoms with Gasteiger partial charge in [-0.25, -0.2) is 5.43 Å². The van der Waals surface area contributed by atoms with Gasteiger partial charge in [-0.1, -0.05) is 42.0 Å². The molecule has 0 aliphatic carbocycles. The summed E-state index contributed by atoms with van der Waals surface area (Å²) < 4.78 is 0. The van der Waals surface area contributed by atoms with Gasteiger partial charge in [0.2, 0.25) is 0 Å². The molecular weight excluding hydrogens is 376 g/mol. The molecule has 1 fully saturated rings. The van der Waals surface area contributed by atoms with Crippen molar-refractivity contribution in [3.63, 3.8) is 0 Å². The molecule has 2 N–H and O–H groups in total. The van der Waals surface area contributed by atoms with Gasteiger partial charge in [0.05, 0.1) is 30.1 Å². The molecule has 1 aliphatic rings. The minimum absolute atomic E-state index is 0.243. The molecule has 29 heavy (non-hydrogen) atoms. The summed E-state index contributed by atoms with van der Waals surface area (Å²) in [6, 6.07) is 21.5. The molecule has 146 valence electrons. The smallest absolute Gasteiger partial charge is 0.0991 e. The molecule has 0 bridgehead atoms. The van der Waals surface area contributed by atoms with Gasteiger partial charge < -0.3 is 0 Å². The minimum atomic E-state index is 0.243. The highest BCUT2D eigenvalue weighted by atomic mass is 32.1. The van der Waals surface area contributed by atoms with Crippen molar-refractivity contribution in [2.24, 2.45) is 0 Å². The van der Waals surface area contributed by atoms with Gasteiger partial charge in [0.25, 0.3) is 0 Å². The van der Waals surface area contributed by atoms with Crippen molar-refractivity contribution < 1.29 is 0 Å². The van der Waals surface area contributed by atoms with Gasteiger partial charge in [0, 0.05) is 4.88 Å². The summed E-state index contributed by atoms with van der Waals surface area (Å²) in [6.45, 7) is 2.11. The Morgan fingerprint density at radius 2 is 2.00 bits per heavy atom. The Hall–Kier alpha value is -2.94. The number of thiophene rings is 1. The van der Waals surface area contributed by atoms with Crippen LogP contribution in [0.5, 0.6) is 0 Å². The van der Waals surface area contributed by atoms with E-state index in [2.05, 4.69) is 54.1 Å². The second-order valence-electron chi connectivity index (χ2n) is 7.52. The first-order valence-electron chi connectivity index (χ1n) is 9.87. The number of nitrogens with zero attached hydrogens (tertiary/aromatic N) is 2. The van der Waals surface area contributed by atoms with Crippen molar-refractivity contribution in [3.05, 3.63) is 81.5 Å². The highest BCUT2D eigenvalue weighted by molar-refractivity contribution is 7.10. The maximum Gasteiger partial charge on any atom is 0.0991 e. The first-order chi connectivity index (χ1) is 14.2. The van der Waals surface area contributed by atoms with E-state index in [0.29, 0.717) is 11.6 Å². The van der Waals surface area contributed by atoms with E-state index in [1.165, 1.54) is 22.3 Å². The molecule has 1 saturated heterocycles. The lowest BCUT2D eigenvalue weighted by Gasteiger charge is -2.47. The second kappa shape index (κ2) is 8.60. The maximum absolute atomic E-state index is 9.13. The van der Waals surface area contributed by atoms with Crippen molar-refractivity contribution in [2.75, 3.05) is 0 Å². The van der Waals surface area contributed by atoms with Crippen LogP contribution in [0.2, 0.25) is 0 Å². The summed E-state index contributed by atoms with van der Waals surface area (Å²) in [5, 5.41) is 20.9. The van der Waals surface area contributed by atoms with E-state index in [-0.39, 0.29) is 6.04 Å². The van der Waals surface area contributed by atoms with E-state index in [1.807, 2.05) is 29.3 Å². The van der Waals surface area contributed by atoms with Gasteiger partial charge in [0.15, 0.2) is 0 Å². The lowest BCUT2D eigenvalue weighted by molar-refractivity contribution is 0.0397. The van der Waals surface area contributed by atoms with Crippen molar-refractivity contribution in [1.29, 1.82) is 10.7 Å². The number of hydrogen-bond acceptors (Lipinski definition) is 4. The second-order valence-corrected chi connectivity index (χ2v) is 8.46.